The molecule has 1 fully saturated rings. The summed E-state index contributed by atoms with van der Waals surface area (Å²) in [6.07, 6.45) is 1.68. The molecule has 2 aliphatic rings. The molecule has 188 valence electrons. The number of anilines is 4. The van der Waals surface area contributed by atoms with Gasteiger partial charge in [0.15, 0.2) is 5.78 Å². The number of nitrogens with zero attached hydrogens (tertiary/aromatic N) is 2. The Kier molecular flexibility index (Phi) is 6.74. The second-order valence-corrected chi connectivity index (χ2v) is 9.34. The quantitative estimate of drug-likeness (QED) is 0.353. The highest BCUT2D eigenvalue weighted by Gasteiger charge is 2.25. The summed E-state index contributed by atoms with van der Waals surface area (Å²) in [7, 11) is 2.14. The third-order valence-corrected chi connectivity index (χ3v) is 6.65. The van der Waals surface area contributed by atoms with E-state index in [1.807, 2.05) is 12.1 Å². The lowest BCUT2D eigenvalue weighted by atomic mass is 9.98. The van der Waals surface area contributed by atoms with Gasteiger partial charge >= 0.3 is 0 Å². The third-order valence-electron chi connectivity index (χ3n) is 6.65. The molecule has 2 heterocycles. The highest BCUT2D eigenvalue weighted by Crippen LogP contribution is 2.33. The number of hydrogen-bond acceptors (Lipinski definition) is 6. The standard InChI is InChI=1S/C29H29N5O3/c1-19(35)31-23-6-3-20(4-7-23)28(36)21-5-12-27-25(17-21)26(29(37)32-27)18-30-22-8-10-24(11-9-22)34-15-13-33(2)14-16-34/h3-12,17-18,30H,13-16H2,1-2H3,(H,31,35)(H,32,37)/b26-18+. The monoisotopic (exact) mass is 495 g/mol. The zero-order chi connectivity index (χ0) is 25.9. The Hall–Kier alpha value is -4.43. The number of ketones is 1. The Morgan fingerprint density at radius 1 is 0.865 bits per heavy atom. The molecule has 0 radical (unpaired) electrons. The van der Waals surface area contributed by atoms with Crippen LogP contribution in [0.3, 0.4) is 0 Å². The molecule has 2 amide bonds. The molecule has 3 aromatic carbocycles. The van der Waals surface area contributed by atoms with Crippen LogP contribution in [0.1, 0.15) is 28.4 Å². The molecule has 5 rings (SSSR count). The number of likely N-dealkylation sites (N-methyl/N-ethyl adjacent to an activating group) is 1. The van der Waals surface area contributed by atoms with Crippen molar-refractivity contribution in [3.8, 4) is 0 Å². The van der Waals surface area contributed by atoms with Gasteiger partial charge in [-0.15, -0.1) is 0 Å². The van der Waals surface area contributed by atoms with Crippen LogP contribution in [0.4, 0.5) is 22.7 Å². The zero-order valence-corrected chi connectivity index (χ0v) is 20.9. The van der Waals surface area contributed by atoms with Gasteiger partial charge in [-0.3, -0.25) is 14.4 Å². The van der Waals surface area contributed by atoms with E-state index in [0.717, 1.165) is 31.9 Å². The summed E-state index contributed by atoms with van der Waals surface area (Å²) in [5.41, 5.74) is 5.46. The van der Waals surface area contributed by atoms with Crippen molar-refractivity contribution in [1.82, 2.24) is 4.90 Å². The van der Waals surface area contributed by atoms with Crippen molar-refractivity contribution in [2.45, 2.75) is 6.92 Å². The van der Waals surface area contributed by atoms with E-state index in [2.05, 4.69) is 44.9 Å². The first-order valence-electron chi connectivity index (χ1n) is 12.3. The molecule has 0 atom stereocenters. The first-order valence-corrected chi connectivity index (χ1v) is 12.3. The molecule has 0 aliphatic carbocycles. The normalized spacial score (nSPS) is 16.3. The molecule has 0 spiro atoms. The highest BCUT2D eigenvalue weighted by molar-refractivity contribution is 6.32. The van der Waals surface area contributed by atoms with E-state index in [9.17, 15) is 14.4 Å². The van der Waals surface area contributed by atoms with E-state index in [4.69, 9.17) is 0 Å². The summed E-state index contributed by atoms with van der Waals surface area (Å²) in [5.74, 6) is -0.557. The fraction of sp³-hybridized carbons (Fsp3) is 0.207. The number of nitrogens with one attached hydrogen (secondary N) is 3. The van der Waals surface area contributed by atoms with Crippen molar-refractivity contribution >= 4 is 45.9 Å². The van der Waals surface area contributed by atoms with Gasteiger partial charge in [0.25, 0.3) is 5.91 Å². The molecule has 3 aromatic rings. The van der Waals surface area contributed by atoms with Gasteiger partial charge in [0.1, 0.15) is 0 Å². The minimum absolute atomic E-state index is 0.164. The maximum atomic E-state index is 13.1. The van der Waals surface area contributed by atoms with Gasteiger partial charge in [0, 0.05) is 78.7 Å². The predicted octanol–water partition coefficient (Wildman–Crippen LogP) is 4.03. The van der Waals surface area contributed by atoms with E-state index < -0.39 is 0 Å². The van der Waals surface area contributed by atoms with Crippen LogP contribution in [0.2, 0.25) is 0 Å². The summed E-state index contributed by atoms with van der Waals surface area (Å²) in [4.78, 5) is 41.7. The van der Waals surface area contributed by atoms with Crippen LogP contribution < -0.4 is 20.9 Å². The highest BCUT2D eigenvalue weighted by atomic mass is 16.2. The summed E-state index contributed by atoms with van der Waals surface area (Å²) >= 11 is 0. The minimum Gasteiger partial charge on any atom is -0.369 e. The van der Waals surface area contributed by atoms with Gasteiger partial charge < -0.3 is 25.8 Å². The fourth-order valence-electron chi connectivity index (χ4n) is 4.54. The van der Waals surface area contributed by atoms with Crippen molar-refractivity contribution in [1.29, 1.82) is 0 Å². The molecule has 1 saturated heterocycles. The third kappa shape index (κ3) is 5.39. The molecule has 8 nitrogen and oxygen atoms in total. The van der Waals surface area contributed by atoms with E-state index in [0.29, 0.717) is 33.6 Å². The maximum Gasteiger partial charge on any atom is 0.257 e. The number of hydrogen-bond donors (Lipinski definition) is 3. The van der Waals surface area contributed by atoms with E-state index >= 15 is 0 Å². The maximum absolute atomic E-state index is 13.1. The second-order valence-electron chi connectivity index (χ2n) is 9.34. The van der Waals surface area contributed by atoms with Crippen LogP contribution in [-0.4, -0.2) is 55.7 Å². The average Bonchev–Trinajstić information content (AvgIpc) is 3.22. The molecule has 8 heteroatoms. The van der Waals surface area contributed by atoms with Crippen LogP contribution in [0.25, 0.3) is 5.57 Å². The van der Waals surface area contributed by atoms with Crippen molar-refractivity contribution < 1.29 is 14.4 Å². The van der Waals surface area contributed by atoms with E-state index in [1.165, 1.54) is 12.6 Å². The Balaban J connectivity index is 1.31. The predicted molar refractivity (Wildman–Crippen MR) is 147 cm³/mol. The summed E-state index contributed by atoms with van der Waals surface area (Å²) in [6.45, 7) is 5.54. The number of amides is 2. The molecule has 0 unspecified atom stereocenters. The van der Waals surface area contributed by atoms with Crippen molar-refractivity contribution in [2.24, 2.45) is 0 Å². The molecule has 3 N–H and O–H groups in total. The summed E-state index contributed by atoms with van der Waals surface area (Å²) in [5, 5.41) is 8.78. The van der Waals surface area contributed by atoms with Crippen LogP contribution in [-0.2, 0) is 9.59 Å². The van der Waals surface area contributed by atoms with Crippen LogP contribution in [0.15, 0.2) is 72.9 Å². The van der Waals surface area contributed by atoms with Crippen molar-refractivity contribution in [3.63, 3.8) is 0 Å². The van der Waals surface area contributed by atoms with Crippen LogP contribution in [0, 0.1) is 0 Å². The molecule has 0 saturated carbocycles. The Bertz CT molecular complexity index is 1370. The van der Waals surface area contributed by atoms with Crippen molar-refractivity contribution in [3.05, 3.63) is 89.6 Å². The molecule has 0 bridgehead atoms. The fourth-order valence-corrected chi connectivity index (χ4v) is 4.54. The van der Waals surface area contributed by atoms with E-state index in [-0.39, 0.29) is 17.6 Å². The second kappa shape index (κ2) is 10.3. The number of fused-ring (bicyclic) bond motifs is 1. The van der Waals surface area contributed by atoms with Crippen LogP contribution >= 0.6 is 0 Å². The summed E-state index contributed by atoms with van der Waals surface area (Å²) < 4.78 is 0. The van der Waals surface area contributed by atoms with Gasteiger partial charge in [-0.1, -0.05) is 0 Å². The average molecular weight is 496 g/mol. The lowest BCUT2D eigenvalue weighted by Gasteiger charge is -2.34. The number of piperazine rings is 1. The SMILES string of the molecule is CC(=O)Nc1ccc(C(=O)c2ccc3c(c2)/C(=C\Nc2ccc(N4CCN(C)CC4)cc2)C(=O)N3)cc1. The lowest BCUT2D eigenvalue weighted by molar-refractivity contribution is -0.114. The smallest absolute Gasteiger partial charge is 0.257 e. The van der Waals surface area contributed by atoms with Crippen molar-refractivity contribution in [2.75, 3.05) is 54.1 Å². The Labute approximate surface area is 216 Å². The van der Waals surface area contributed by atoms with Gasteiger partial charge in [-0.25, -0.2) is 0 Å². The van der Waals surface area contributed by atoms with Gasteiger partial charge in [-0.05, 0) is 73.8 Å². The topological polar surface area (TPSA) is 93.8 Å². The largest absolute Gasteiger partial charge is 0.369 e. The number of rotatable bonds is 6. The van der Waals surface area contributed by atoms with Crippen LogP contribution in [0.5, 0.6) is 0 Å². The Morgan fingerprint density at radius 2 is 1.51 bits per heavy atom. The zero-order valence-electron chi connectivity index (χ0n) is 20.9. The minimum atomic E-state index is -0.221. The number of carbonyl (C=O) groups is 3. The van der Waals surface area contributed by atoms with Gasteiger partial charge in [-0.2, -0.15) is 0 Å². The van der Waals surface area contributed by atoms with Gasteiger partial charge in [0.2, 0.25) is 5.91 Å². The first kappa shape index (κ1) is 24.3. The number of carbonyl (C=O) groups excluding carboxylic acids is 3. The Morgan fingerprint density at radius 3 is 2.19 bits per heavy atom. The number of benzene rings is 3. The summed E-state index contributed by atoms with van der Waals surface area (Å²) in [6, 6.07) is 20.1. The molecule has 2 aliphatic heterocycles. The molecular weight excluding hydrogens is 466 g/mol. The first-order chi connectivity index (χ1) is 17.9. The molecule has 0 aromatic heterocycles. The van der Waals surface area contributed by atoms with Gasteiger partial charge in [0.05, 0.1) is 5.57 Å². The lowest BCUT2D eigenvalue weighted by Crippen LogP contribution is -2.44. The van der Waals surface area contributed by atoms with E-state index in [1.54, 1.807) is 48.7 Å². The molecular formula is C29H29N5O3. The molecule has 37 heavy (non-hydrogen) atoms.